The molecule has 0 bridgehead atoms. The van der Waals surface area contributed by atoms with Gasteiger partial charge in [0.15, 0.2) is 0 Å². The Morgan fingerprint density at radius 2 is 1.83 bits per heavy atom. The van der Waals surface area contributed by atoms with Gasteiger partial charge in [-0.3, -0.25) is 4.79 Å². The second-order valence-electron chi connectivity index (χ2n) is 8.72. The maximum atomic E-state index is 13.2. The Labute approximate surface area is 204 Å². The Hall–Kier alpha value is -4.00. The largest absolute Gasteiger partial charge is 0.497 e. The predicted molar refractivity (Wildman–Crippen MR) is 136 cm³/mol. The number of rotatable bonds is 8. The van der Waals surface area contributed by atoms with E-state index >= 15 is 0 Å². The Bertz CT molecular complexity index is 1360. The van der Waals surface area contributed by atoms with Crippen LogP contribution in [0.2, 0.25) is 0 Å². The topological polar surface area (TPSA) is 65.8 Å². The van der Waals surface area contributed by atoms with Crippen molar-refractivity contribution in [2.45, 2.75) is 25.8 Å². The lowest BCUT2D eigenvalue weighted by Crippen LogP contribution is -2.25. The molecule has 7 heteroatoms. The van der Waals surface area contributed by atoms with Crippen LogP contribution in [0.15, 0.2) is 66.7 Å². The molecule has 1 aliphatic heterocycles. The van der Waals surface area contributed by atoms with Crippen molar-refractivity contribution >= 4 is 22.6 Å². The van der Waals surface area contributed by atoms with Gasteiger partial charge in [0.2, 0.25) is 5.91 Å². The molecule has 5 rings (SSSR count). The number of carbonyl (C=O) groups excluding carboxylic acids is 1. The van der Waals surface area contributed by atoms with E-state index < -0.39 is 0 Å². The third-order valence-corrected chi connectivity index (χ3v) is 6.42. The summed E-state index contributed by atoms with van der Waals surface area (Å²) < 4.78 is 19.1. The molecular formula is C28H29N3O4. The first kappa shape index (κ1) is 22.8. The van der Waals surface area contributed by atoms with E-state index in [9.17, 15) is 4.79 Å². The number of nitrogens with zero attached hydrogens (tertiary/aromatic N) is 3. The molecular weight excluding hydrogens is 442 g/mol. The minimum Gasteiger partial charge on any atom is -0.497 e. The fourth-order valence-electron chi connectivity index (χ4n) is 4.72. The third kappa shape index (κ3) is 4.54. The van der Waals surface area contributed by atoms with E-state index in [0.717, 1.165) is 28.2 Å². The first-order valence-electron chi connectivity index (χ1n) is 11.7. The van der Waals surface area contributed by atoms with Crippen molar-refractivity contribution in [1.29, 1.82) is 0 Å². The lowest BCUT2D eigenvalue weighted by Gasteiger charge is -2.20. The van der Waals surface area contributed by atoms with Crippen LogP contribution in [0.3, 0.4) is 0 Å². The molecule has 0 aliphatic carbocycles. The molecule has 1 atom stereocenters. The van der Waals surface area contributed by atoms with E-state index in [1.807, 2.05) is 54.6 Å². The number of ether oxygens (including phenoxy) is 3. The highest BCUT2D eigenvalue weighted by Gasteiger charge is 2.36. The lowest BCUT2D eigenvalue weighted by molar-refractivity contribution is -0.117. The van der Waals surface area contributed by atoms with Gasteiger partial charge in [-0.2, -0.15) is 0 Å². The zero-order valence-corrected chi connectivity index (χ0v) is 20.2. The van der Waals surface area contributed by atoms with Crippen molar-refractivity contribution < 1.29 is 19.0 Å². The van der Waals surface area contributed by atoms with Gasteiger partial charge in [0.25, 0.3) is 0 Å². The number of hydrogen-bond donors (Lipinski definition) is 0. The molecule has 0 saturated carbocycles. The molecule has 180 valence electrons. The molecule has 0 radical (unpaired) electrons. The Kier molecular flexibility index (Phi) is 6.31. The van der Waals surface area contributed by atoms with Crippen LogP contribution in [-0.2, 0) is 11.3 Å². The van der Waals surface area contributed by atoms with Crippen molar-refractivity contribution in [1.82, 2.24) is 9.55 Å². The highest BCUT2D eigenvalue weighted by Crippen LogP contribution is 2.39. The summed E-state index contributed by atoms with van der Waals surface area (Å²) >= 11 is 0. The van der Waals surface area contributed by atoms with E-state index in [1.165, 1.54) is 0 Å². The number of carbonyl (C=O) groups is 1. The maximum Gasteiger partial charge on any atom is 0.227 e. The number of methoxy groups -OCH3 is 2. The van der Waals surface area contributed by atoms with Gasteiger partial charge in [-0.25, -0.2) is 4.98 Å². The van der Waals surface area contributed by atoms with Gasteiger partial charge < -0.3 is 23.7 Å². The van der Waals surface area contributed by atoms with Gasteiger partial charge in [-0.05, 0) is 48.9 Å². The van der Waals surface area contributed by atoms with Gasteiger partial charge in [-0.1, -0.05) is 24.3 Å². The zero-order valence-electron chi connectivity index (χ0n) is 20.2. The normalized spacial score (nSPS) is 15.6. The number of anilines is 1. The summed E-state index contributed by atoms with van der Waals surface area (Å²) in [6.45, 7) is 3.71. The van der Waals surface area contributed by atoms with Crippen molar-refractivity contribution in [2.75, 3.05) is 32.3 Å². The van der Waals surface area contributed by atoms with E-state index in [2.05, 4.69) is 23.6 Å². The number of hydrogen-bond acceptors (Lipinski definition) is 5. The van der Waals surface area contributed by atoms with Crippen LogP contribution < -0.4 is 19.1 Å². The molecule has 4 aromatic rings. The van der Waals surface area contributed by atoms with Gasteiger partial charge >= 0.3 is 0 Å². The smallest absolute Gasteiger partial charge is 0.227 e. The number of imidazole rings is 1. The van der Waals surface area contributed by atoms with Crippen molar-refractivity contribution in [3.63, 3.8) is 0 Å². The highest BCUT2D eigenvalue weighted by molar-refractivity contribution is 5.98. The molecule has 0 spiro atoms. The summed E-state index contributed by atoms with van der Waals surface area (Å²) in [6, 6.07) is 21.6. The first-order chi connectivity index (χ1) is 17.1. The summed E-state index contributed by atoms with van der Waals surface area (Å²) in [7, 11) is 3.22. The number of para-hydroxylation sites is 2. The maximum absolute atomic E-state index is 13.2. The van der Waals surface area contributed by atoms with Crippen molar-refractivity contribution in [3.8, 4) is 17.2 Å². The standard InChI is InChI=1S/C28H29N3O4/c1-19-7-6-8-22(15-19)35-14-13-30-24-10-5-4-9-23(24)29-28(30)20-16-27(32)31(18-20)25-17-21(33-2)11-12-26(25)34-3/h4-12,15,17,20H,13-14,16,18H2,1-3H3/t20-/m0/s1. The van der Waals surface area contributed by atoms with Crippen LogP contribution in [0.5, 0.6) is 17.2 Å². The molecule has 1 amide bonds. The molecule has 1 saturated heterocycles. The van der Waals surface area contributed by atoms with Gasteiger partial charge in [0.05, 0.1) is 37.5 Å². The summed E-state index contributed by atoms with van der Waals surface area (Å²) in [6.07, 6.45) is 0.377. The summed E-state index contributed by atoms with van der Waals surface area (Å²) in [5.74, 6) is 3.05. The van der Waals surface area contributed by atoms with Gasteiger partial charge in [0.1, 0.15) is 29.7 Å². The molecule has 0 unspecified atom stereocenters. The van der Waals surface area contributed by atoms with Crippen LogP contribution in [0, 0.1) is 6.92 Å². The number of aryl methyl sites for hydroxylation is 1. The average Bonchev–Trinajstić information content (AvgIpc) is 3.44. The first-order valence-corrected chi connectivity index (χ1v) is 11.7. The number of benzene rings is 3. The van der Waals surface area contributed by atoms with Crippen LogP contribution in [0.25, 0.3) is 11.0 Å². The third-order valence-electron chi connectivity index (χ3n) is 6.42. The molecule has 2 heterocycles. The molecule has 7 nitrogen and oxygen atoms in total. The van der Waals surface area contributed by atoms with Crippen molar-refractivity contribution in [3.05, 3.63) is 78.1 Å². The lowest BCUT2D eigenvalue weighted by atomic mass is 10.1. The van der Waals surface area contributed by atoms with E-state index in [1.54, 1.807) is 19.1 Å². The van der Waals surface area contributed by atoms with E-state index in [-0.39, 0.29) is 11.8 Å². The SMILES string of the molecule is COc1ccc(OC)c(N2C[C@@H](c3nc4ccccc4n3CCOc3cccc(C)c3)CC2=O)c1. The van der Waals surface area contributed by atoms with Gasteiger partial charge in [-0.15, -0.1) is 0 Å². The fourth-order valence-corrected chi connectivity index (χ4v) is 4.72. The number of aromatic nitrogens is 2. The molecule has 1 fully saturated rings. The second kappa shape index (κ2) is 9.70. The fraction of sp³-hybridized carbons (Fsp3) is 0.286. The summed E-state index contributed by atoms with van der Waals surface area (Å²) in [4.78, 5) is 19.9. The van der Waals surface area contributed by atoms with Crippen LogP contribution in [0.1, 0.15) is 23.7 Å². The monoisotopic (exact) mass is 471 g/mol. The van der Waals surface area contributed by atoms with Crippen LogP contribution in [-0.4, -0.2) is 42.8 Å². The molecule has 1 aliphatic rings. The van der Waals surface area contributed by atoms with Crippen LogP contribution >= 0.6 is 0 Å². The molecule has 0 N–H and O–H groups in total. The molecule has 3 aromatic carbocycles. The van der Waals surface area contributed by atoms with E-state index in [0.29, 0.717) is 43.3 Å². The quantitative estimate of drug-likeness (QED) is 0.363. The minimum atomic E-state index is -0.0511. The van der Waals surface area contributed by atoms with E-state index in [4.69, 9.17) is 19.2 Å². The minimum absolute atomic E-state index is 0.0381. The molecule has 35 heavy (non-hydrogen) atoms. The number of amides is 1. The Balaban J connectivity index is 1.42. The Morgan fingerprint density at radius 1 is 0.971 bits per heavy atom. The summed E-state index contributed by atoms with van der Waals surface area (Å²) in [5.41, 5.74) is 3.83. The zero-order chi connectivity index (χ0) is 24.4. The predicted octanol–water partition coefficient (Wildman–Crippen LogP) is 4.96. The Morgan fingerprint density at radius 3 is 2.63 bits per heavy atom. The highest BCUT2D eigenvalue weighted by atomic mass is 16.5. The summed E-state index contributed by atoms with van der Waals surface area (Å²) in [5, 5.41) is 0. The average molecular weight is 472 g/mol. The number of fused-ring (bicyclic) bond motifs is 1. The van der Waals surface area contributed by atoms with Crippen molar-refractivity contribution in [2.24, 2.45) is 0 Å². The molecule has 1 aromatic heterocycles. The van der Waals surface area contributed by atoms with Gasteiger partial charge in [0, 0.05) is 24.9 Å². The van der Waals surface area contributed by atoms with Crippen LogP contribution in [0.4, 0.5) is 5.69 Å². The second-order valence-corrected chi connectivity index (χ2v) is 8.72.